The van der Waals surface area contributed by atoms with Crippen LogP contribution in [-0.2, 0) is 6.54 Å². The van der Waals surface area contributed by atoms with Crippen molar-refractivity contribution >= 4 is 17.3 Å². The van der Waals surface area contributed by atoms with Crippen molar-refractivity contribution < 1.29 is 9.47 Å². The maximum absolute atomic E-state index is 6.04. The van der Waals surface area contributed by atoms with Gasteiger partial charge < -0.3 is 15.2 Å². The highest BCUT2D eigenvalue weighted by atomic mass is 35.5. The number of anilines is 1. The van der Waals surface area contributed by atoms with Gasteiger partial charge in [0.2, 0.25) is 0 Å². The number of hydrogen-bond donors (Lipinski definition) is 1. The summed E-state index contributed by atoms with van der Waals surface area (Å²) in [5, 5.41) is 4.87. The molecule has 0 unspecified atom stereocenters. The molecule has 1 aromatic carbocycles. The van der Waals surface area contributed by atoms with Crippen molar-refractivity contribution in [3.63, 3.8) is 0 Å². The largest absolute Gasteiger partial charge is 0.486 e. The molecular weight excluding hydrogens is 266 g/mol. The van der Waals surface area contributed by atoms with E-state index in [1.807, 2.05) is 17.7 Å². The summed E-state index contributed by atoms with van der Waals surface area (Å²) in [4.78, 5) is 0. The Morgan fingerprint density at radius 2 is 2.00 bits per heavy atom. The molecule has 19 heavy (non-hydrogen) atoms. The third-order valence-electron chi connectivity index (χ3n) is 3.17. The number of benzene rings is 1. The van der Waals surface area contributed by atoms with Crippen molar-refractivity contribution in [1.29, 1.82) is 0 Å². The van der Waals surface area contributed by atoms with Gasteiger partial charge in [-0.1, -0.05) is 11.6 Å². The van der Waals surface area contributed by atoms with E-state index in [4.69, 9.17) is 26.8 Å². The van der Waals surface area contributed by atoms with Crippen LogP contribution in [0.25, 0.3) is 0 Å². The number of nitrogen functional groups attached to an aromatic ring is 1. The number of rotatable bonds is 2. The quantitative estimate of drug-likeness (QED) is 0.857. The first-order valence-electron chi connectivity index (χ1n) is 6.01. The minimum Gasteiger partial charge on any atom is -0.486 e. The van der Waals surface area contributed by atoms with Crippen molar-refractivity contribution in [1.82, 2.24) is 9.78 Å². The Labute approximate surface area is 115 Å². The Balaban J connectivity index is 1.94. The molecular formula is C13H14ClN3O2. The number of ether oxygens (including phenoxy) is 2. The third kappa shape index (κ3) is 2.21. The molecule has 5 nitrogen and oxygen atoms in total. The summed E-state index contributed by atoms with van der Waals surface area (Å²) in [7, 11) is 0. The number of nitrogens with two attached hydrogens (primary N) is 1. The number of fused-ring (bicyclic) bond motifs is 1. The monoisotopic (exact) mass is 279 g/mol. The highest BCUT2D eigenvalue weighted by molar-refractivity contribution is 6.31. The Bertz CT molecular complexity index is 625. The van der Waals surface area contributed by atoms with Gasteiger partial charge in [-0.25, -0.2) is 0 Å². The van der Waals surface area contributed by atoms with Gasteiger partial charge in [-0.2, -0.15) is 5.10 Å². The Kier molecular flexibility index (Phi) is 2.98. The van der Waals surface area contributed by atoms with Crippen molar-refractivity contribution in [2.24, 2.45) is 0 Å². The summed E-state index contributed by atoms with van der Waals surface area (Å²) >= 11 is 5.99. The smallest absolute Gasteiger partial charge is 0.163 e. The van der Waals surface area contributed by atoms with Crippen LogP contribution in [-0.4, -0.2) is 23.0 Å². The summed E-state index contributed by atoms with van der Waals surface area (Å²) in [6.07, 6.45) is 1.63. The number of nitrogens with zero attached hydrogens (tertiary/aromatic N) is 2. The van der Waals surface area contributed by atoms with E-state index in [2.05, 4.69) is 5.10 Å². The fourth-order valence-electron chi connectivity index (χ4n) is 2.03. The van der Waals surface area contributed by atoms with Gasteiger partial charge in [0, 0.05) is 17.3 Å². The first-order chi connectivity index (χ1) is 9.15. The van der Waals surface area contributed by atoms with Crippen LogP contribution < -0.4 is 15.2 Å². The molecule has 1 aromatic heterocycles. The molecule has 0 aliphatic carbocycles. The van der Waals surface area contributed by atoms with Crippen LogP contribution in [0.2, 0.25) is 5.02 Å². The van der Waals surface area contributed by atoms with Crippen molar-refractivity contribution in [3.05, 3.63) is 34.6 Å². The lowest BCUT2D eigenvalue weighted by Crippen LogP contribution is -2.16. The summed E-state index contributed by atoms with van der Waals surface area (Å²) < 4.78 is 12.9. The first kappa shape index (κ1) is 12.2. The highest BCUT2D eigenvalue weighted by Gasteiger charge is 2.15. The van der Waals surface area contributed by atoms with E-state index in [0.717, 1.165) is 17.0 Å². The van der Waals surface area contributed by atoms with Crippen LogP contribution in [0.1, 0.15) is 11.3 Å². The molecule has 0 fully saturated rings. The van der Waals surface area contributed by atoms with Crippen molar-refractivity contribution in [3.8, 4) is 11.5 Å². The minimum atomic E-state index is 0.555. The molecule has 3 rings (SSSR count). The maximum atomic E-state index is 6.04. The number of hydrogen-bond acceptors (Lipinski definition) is 4. The van der Waals surface area contributed by atoms with Crippen LogP contribution in [0, 0.1) is 6.92 Å². The van der Waals surface area contributed by atoms with E-state index in [0.29, 0.717) is 36.2 Å². The van der Waals surface area contributed by atoms with E-state index in [1.54, 1.807) is 12.3 Å². The summed E-state index contributed by atoms with van der Waals surface area (Å²) in [6.45, 7) is 3.59. The zero-order valence-corrected chi connectivity index (χ0v) is 11.3. The Morgan fingerprint density at radius 3 is 2.63 bits per heavy atom. The summed E-state index contributed by atoms with van der Waals surface area (Å²) in [5.41, 5.74) is 8.55. The van der Waals surface area contributed by atoms with E-state index >= 15 is 0 Å². The van der Waals surface area contributed by atoms with Gasteiger partial charge >= 0.3 is 0 Å². The van der Waals surface area contributed by atoms with Crippen LogP contribution in [0.4, 0.5) is 5.69 Å². The normalized spacial score (nSPS) is 13.6. The molecule has 1 aliphatic rings. The van der Waals surface area contributed by atoms with Crippen LogP contribution in [0.15, 0.2) is 18.3 Å². The molecule has 2 heterocycles. The second-order valence-corrected chi connectivity index (χ2v) is 4.84. The average molecular weight is 280 g/mol. The zero-order chi connectivity index (χ0) is 13.4. The lowest BCUT2D eigenvalue weighted by molar-refractivity contribution is 0.171. The standard InChI is InChI=1S/C13H14ClN3O2/c1-8-10(14)6-16-17(8)7-9-4-12-13(5-11(9)15)19-3-2-18-12/h4-6H,2-3,7,15H2,1H3. The number of aromatic nitrogens is 2. The second-order valence-electron chi connectivity index (χ2n) is 4.43. The van der Waals surface area contributed by atoms with E-state index in [-0.39, 0.29) is 0 Å². The lowest BCUT2D eigenvalue weighted by Gasteiger charge is -2.20. The molecule has 0 amide bonds. The molecule has 0 saturated heterocycles. The number of halogens is 1. The fourth-order valence-corrected chi connectivity index (χ4v) is 2.17. The van der Waals surface area contributed by atoms with Gasteiger partial charge in [0.15, 0.2) is 11.5 Å². The molecule has 0 atom stereocenters. The SMILES string of the molecule is Cc1c(Cl)cnn1Cc1cc2c(cc1N)OCCO2. The molecule has 6 heteroatoms. The highest BCUT2D eigenvalue weighted by Crippen LogP contribution is 2.34. The van der Waals surface area contributed by atoms with Crippen LogP contribution in [0.5, 0.6) is 11.5 Å². The second kappa shape index (κ2) is 4.66. The molecule has 2 aromatic rings. The van der Waals surface area contributed by atoms with Crippen LogP contribution >= 0.6 is 11.6 Å². The molecule has 0 bridgehead atoms. The molecule has 0 spiro atoms. The van der Waals surface area contributed by atoms with Gasteiger partial charge in [-0.15, -0.1) is 0 Å². The predicted molar refractivity (Wildman–Crippen MR) is 72.9 cm³/mol. The molecule has 0 radical (unpaired) electrons. The molecule has 100 valence electrons. The Morgan fingerprint density at radius 1 is 1.32 bits per heavy atom. The zero-order valence-electron chi connectivity index (χ0n) is 10.5. The van der Waals surface area contributed by atoms with Gasteiger partial charge in [0.25, 0.3) is 0 Å². The van der Waals surface area contributed by atoms with Gasteiger partial charge in [-0.05, 0) is 13.0 Å². The first-order valence-corrected chi connectivity index (χ1v) is 6.39. The fraction of sp³-hybridized carbons (Fsp3) is 0.308. The molecule has 1 aliphatic heterocycles. The molecule has 0 saturated carbocycles. The van der Waals surface area contributed by atoms with E-state index < -0.39 is 0 Å². The average Bonchev–Trinajstić information content (AvgIpc) is 2.71. The minimum absolute atomic E-state index is 0.555. The molecule has 2 N–H and O–H groups in total. The van der Waals surface area contributed by atoms with E-state index in [9.17, 15) is 0 Å². The summed E-state index contributed by atoms with van der Waals surface area (Å²) in [5.74, 6) is 1.43. The Hall–Kier alpha value is -1.88. The summed E-state index contributed by atoms with van der Waals surface area (Å²) in [6, 6.07) is 3.70. The lowest BCUT2D eigenvalue weighted by atomic mass is 10.1. The predicted octanol–water partition coefficient (Wildman–Crippen LogP) is 2.25. The maximum Gasteiger partial charge on any atom is 0.163 e. The van der Waals surface area contributed by atoms with Gasteiger partial charge in [0.1, 0.15) is 13.2 Å². The topological polar surface area (TPSA) is 62.3 Å². The van der Waals surface area contributed by atoms with Crippen molar-refractivity contribution in [2.45, 2.75) is 13.5 Å². The van der Waals surface area contributed by atoms with Gasteiger partial charge in [0.05, 0.1) is 23.5 Å². The van der Waals surface area contributed by atoms with Crippen molar-refractivity contribution in [2.75, 3.05) is 18.9 Å². The third-order valence-corrected chi connectivity index (χ3v) is 3.54. The van der Waals surface area contributed by atoms with E-state index in [1.165, 1.54) is 0 Å². The van der Waals surface area contributed by atoms with Gasteiger partial charge in [-0.3, -0.25) is 4.68 Å². The van der Waals surface area contributed by atoms with Crippen LogP contribution in [0.3, 0.4) is 0 Å².